The van der Waals surface area contributed by atoms with Gasteiger partial charge in [0.15, 0.2) is 5.03 Å². The molecule has 0 aliphatic rings. The summed E-state index contributed by atoms with van der Waals surface area (Å²) >= 11 is 5.62. The highest BCUT2D eigenvalue weighted by Gasteiger charge is 2.31. The second-order valence-corrected chi connectivity index (χ2v) is 6.63. The Morgan fingerprint density at radius 1 is 1.47 bits per heavy atom. The van der Waals surface area contributed by atoms with Gasteiger partial charge in [-0.1, -0.05) is 11.6 Å². The van der Waals surface area contributed by atoms with Crippen molar-refractivity contribution in [1.82, 2.24) is 9.71 Å². The summed E-state index contributed by atoms with van der Waals surface area (Å²) in [4.78, 5) is 15.6. The molecule has 0 radical (unpaired) electrons. The van der Waals surface area contributed by atoms with Gasteiger partial charge in [-0.15, -0.1) is 0 Å². The fourth-order valence-electron chi connectivity index (χ4n) is 1.26. The van der Waals surface area contributed by atoms with E-state index in [-0.39, 0.29) is 11.6 Å². The van der Waals surface area contributed by atoms with E-state index in [1.807, 2.05) is 4.72 Å². The van der Waals surface area contributed by atoms with E-state index in [1.54, 1.807) is 13.8 Å². The molecule has 6 nitrogen and oxygen atoms in total. The summed E-state index contributed by atoms with van der Waals surface area (Å²) in [6, 6.07) is 2.61. The number of aromatic nitrogens is 1. The molecular weight excluding hydrogens is 292 g/mol. The summed E-state index contributed by atoms with van der Waals surface area (Å²) in [5.41, 5.74) is -0.964. The first-order valence-corrected chi connectivity index (χ1v) is 7.23. The number of carbonyl (C=O) groups excluding carboxylic acids is 1. The van der Waals surface area contributed by atoms with Crippen molar-refractivity contribution < 1.29 is 17.9 Å². The van der Waals surface area contributed by atoms with Gasteiger partial charge in [-0.05, 0) is 26.0 Å². The minimum atomic E-state index is -4.00. The van der Waals surface area contributed by atoms with Crippen molar-refractivity contribution in [3.8, 4) is 0 Å². The van der Waals surface area contributed by atoms with Crippen LogP contribution in [-0.2, 0) is 19.6 Å². The molecule has 1 heterocycles. The highest BCUT2D eigenvalue weighted by molar-refractivity contribution is 7.90. The van der Waals surface area contributed by atoms with E-state index < -0.39 is 21.3 Å². The number of rotatable bonds is 5. The van der Waals surface area contributed by atoms with E-state index in [0.717, 1.165) is 0 Å². The smallest absolute Gasteiger partial charge is 0.281 e. The van der Waals surface area contributed by atoms with Gasteiger partial charge in [0.05, 0.1) is 17.0 Å². The summed E-state index contributed by atoms with van der Waals surface area (Å²) in [5.74, 6) is -0.661. The van der Waals surface area contributed by atoms with Gasteiger partial charge in [0.2, 0.25) is 5.91 Å². The maximum Gasteiger partial charge on any atom is 0.281 e. The molecule has 0 saturated heterocycles. The summed E-state index contributed by atoms with van der Waals surface area (Å²) < 4.78 is 30.7. The Labute approximate surface area is 117 Å². The molecule has 0 bridgehead atoms. The third-order valence-corrected chi connectivity index (χ3v) is 3.79. The van der Waals surface area contributed by atoms with Crippen LogP contribution in [0, 0.1) is 5.41 Å². The SMILES string of the molecule is COCC(C)(C)C(=O)NS(=O)(=O)c1ccc(Cl)cn1. The normalized spacial score (nSPS) is 12.2. The summed E-state index contributed by atoms with van der Waals surface area (Å²) in [6.07, 6.45) is 1.20. The zero-order valence-electron chi connectivity index (χ0n) is 10.8. The maximum absolute atomic E-state index is 11.9. The number of ether oxygens (including phenoxy) is 1. The van der Waals surface area contributed by atoms with E-state index in [1.165, 1.54) is 25.4 Å². The van der Waals surface area contributed by atoms with Crippen LogP contribution in [0.1, 0.15) is 13.8 Å². The molecule has 1 amide bonds. The summed E-state index contributed by atoms with van der Waals surface area (Å²) in [6.45, 7) is 3.26. The van der Waals surface area contributed by atoms with Crippen molar-refractivity contribution in [2.45, 2.75) is 18.9 Å². The Balaban J connectivity index is 2.92. The van der Waals surface area contributed by atoms with E-state index >= 15 is 0 Å². The molecule has 8 heteroatoms. The van der Waals surface area contributed by atoms with Crippen molar-refractivity contribution in [3.05, 3.63) is 23.4 Å². The van der Waals surface area contributed by atoms with Gasteiger partial charge in [0.25, 0.3) is 10.0 Å². The van der Waals surface area contributed by atoms with Crippen molar-refractivity contribution in [1.29, 1.82) is 0 Å². The molecule has 1 rings (SSSR count). The first-order chi connectivity index (χ1) is 8.69. The Hall–Kier alpha value is -1.18. The molecule has 0 aliphatic heterocycles. The number of pyridine rings is 1. The molecule has 0 aliphatic carbocycles. The lowest BCUT2D eigenvalue weighted by Gasteiger charge is -2.21. The van der Waals surface area contributed by atoms with E-state index in [4.69, 9.17) is 16.3 Å². The zero-order chi connectivity index (χ0) is 14.7. The number of methoxy groups -OCH3 is 1. The molecule has 0 unspecified atom stereocenters. The van der Waals surface area contributed by atoms with Crippen LogP contribution in [0.3, 0.4) is 0 Å². The number of hydrogen-bond donors (Lipinski definition) is 1. The molecule has 1 aromatic rings. The topological polar surface area (TPSA) is 85.4 Å². The Morgan fingerprint density at radius 3 is 2.58 bits per heavy atom. The van der Waals surface area contributed by atoms with Crippen LogP contribution in [0.2, 0.25) is 5.02 Å². The van der Waals surface area contributed by atoms with Gasteiger partial charge in [-0.2, -0.15) is 8.42 Å². The number of amides is 1. The van der Waals surface area contributed by atoms with Gasteiger partial charge in [-0.3, -0.25) is 4.79 Å². The largest absolute Gasteiger partial charge is 0.384 e. The zero-order valence-corrected chi connectivity index (χ0v) is 12.4. The quantitative estimate of drug-likeness (QED) is 0.884. The third-order valence-electron chi connectivity index (χ3n) is 2.32. The number of hydrogen-bond acceptors (Lipinski definition) is 5. The average molecular weight is 307 g/mol. The molecule has 19 heavy (non-hydrogen) atoms. The molecule has 0 atom stereocenters. The third kappa shape index (κ3) is 4.15. The van der Waals surface area contributed by atoms with Crippen LogP contribution in [0.4, 0.5) is 0 Å². The lowest BCUT2D eigenvalue weighted by molar-refractivity contribution is -0.130. The van der Waals surface area contributed by atoms with Gasteiger partial charge in [0, 0.05) is 13.3 Å². The van der Waals surface area contributed by atoms with Gasteiger partial charge in [0.1, 0.15) is 0 Å². The Bertz CT molecular complexity index is 555. The molecular formula is C11H15ClN2O4S. The fourth-order valence-corrected chi connectivity index (χ4v) is 2.44. The molecule has 1 N–H and O–H groups in total. The number of carbonyl (C=O) groups is 1. The molecule has 106 valence electrons. The summed E-state index contributed by atoms with van der Waals surface area (Å²) in [7, 11) is -2.57. The van der Waals surface area contributed by atoms with Crippen molar-refractivity contribution in [2.24, 2.45) is 5.41 Å². The van der Waals surface area contributed by atoms with Crippen LogP contribution in [0.15, 0.2) is 23.4 Å². The number of sulfonamides is 1. The van der Waals surface area contributed by atoms with Crippen LogP contribution < -0.4 is 4.72 Å². The number of halogens is 1. The second kappa shape index (κ2) is 5.85. The predicted octanol–water partition coefficient (Wildman–Crippen LogP) is 1.21. The van der Waals surface area contributed by atoms with Gasteiger partial charge in [-0.25, -0.2) is 9.71 Å². The van der Waals surface area contributed by atoms with Crippen molar-refractivity contribution in [2.75, 3.05) is 13.7 Å². The summed E-state index contributed by atoms with van der Waals surface area (Å²) in [5, 5.41) is 0.0449. The fraction of sp³-hybridized carbons (Fsp3) is 0.455. The first-order valence-electron chi connectivity index (χ1n) is 5.37. The van der Waals surface area contributed by atoms with E-state index in [0.29, 0.717) is 5.02 Å². The standard InChI is InChI=1S/C11H15ClN2O4S/c1-11(2,7-18-3)10(15)14-19(16,17)9-5-4-8(12)6-13-9/h4-6H,7H2,1-3H3,(H,14,15). The van der Waals surface area contributed by atoms with Crippen LogP contribution in [-0.4, -0.2) is 33.0 Å². The van der Waals surface area contributed by atoms with Crippen LogP contribution >= 0.6 is 11.6 Å². The first kappa shape index (κ1) is 15.9. The molecule has 0 fully saturated rings. The average Bonchev–Trinajstić information content (AvgIpc) is 2.28. The highest BCUT2D eigenvalue weighted by atomic mass is 35.5. The maximum atomic E-state index is 11.9. The number of nitrogens with one attached hydrogen (secondary N) is 1. The van der Waals surface area contributed by atoms with E-state index in [9.17, 15) is 13.2 Å². The van der Waals surface area contributed by atoms with Crippen LogP contribution in [0.25, 0.3) is 0 Å². The second-order valence-electron chi connectivity index (χ2n) is 4.57. The Kier molecular flexibility index (Phi) is 4.89. The Morgan fingerprint density at radius 2 is 2.11 bits per heavy atom. The van der Waals surface area contributed by atoms with Crippen molar-refractivity contribution in [3.63, 3.8) is 0 Å². The molecule has 0 spiro atoms. The monoisotopic (exact) mass is 306 g/mol. The van der Waals surface area contributed by atoms with Gasteiger partial charge >= 0.3 is 0 Å². The minimum absolute atomic E-state index is 0.0996. The molecule has 0 saturated carbocycles. The lowest BCUT2D eigenvalue weighted by Crippen LogP contribution is -2.42. The van der Waals surface area contributed by atoms with Crippen molar-refractivity contribution >= 4 is 27.5 Å². The van der Waals surface area contributed by atoms with Gasteiger partial charge < -0.3 is 4.74 Å². The molecule has 1 aromatic heterocycles. The van der Waals surface area contributed by atoms with E-state index in [2.05, 4.69) is 4.98 Å². The highest BCUT2D eigenvalue weighted by Crippen LogP contribution is 2.17. The number of nitrogens with zero attached hydrogens (tertiary/aromatic N) is 1. The predicted molar refractivity (Wildman–Crippen MR) is 70.2 cm³/mol. The minimum Gasteiger partial charge on any atom is -0.384 e. The lowest BCUT2D eigenvalue weighted by atomic mass is 9.94. The van der Waals surface area contributed by atoms with Crippen LogP contribution in [0.5, 0.6) is 0 Å². The molecule has 0 aromatic carbocycles.